The molecule has 0 bridgehead atoms. The molecule has 6 heteroatoms. The molecule has 1 fully saturated rings. The molecule has 0 saturated carbocycles. The van der Waals surface area contributed by atoms with Gasteiger partial charge < -0.3 is 9.84 Å². The fourth-order valence-corrected chi connectivity index (χ4v) is 4.67. The molecule has 0 radical (unpaired) electrons. The Kier molecular flexibility index (Phi) is 4.81. The van der Waals surface area contributed by atoms with E-state index in [1.807, 2.05) is 24.3 Å². The Hall–Kier alpha value is -1.11. The Balaban J connectivity index is 2.27. The van der Waals surface area contributed by atoms with E-state index in [2.05, 4.69) is 0 Å². The number of hydrogen-bond acceptors (Lipinski definition) is 4. The van der Waals surface area contributed by atoms with Crippen LogP contribution in [0, 0.1) is 0 Å². The summed E-state index contributed by atoms with van der Waals surface area (Å²) in [7, 11) is -1.87. The summed E-state index contributed by atoms with van der Waals surface area (Å²) in [5, 5.41) is 10.4. The number of ether oxygens (including phenoxy) is 1. The predicted molar refractivity (Wildman–Crippen MR) is 91.1 cm³/mol. The van der Waals surface area contributed by atoms with Crippen LogP contribution in [0.3, 0.4) is 0 Å². The van der Waals surface area contributed by atoms with E-state index < -0.39 is 20.4 Å². The van der Waals surface area contributed by atoms with Crippen molar-refractivity contribution >= 4 is 10.0 Å². The highest BCUT2D eigenvalue weighted by Gasteiger charge is 2.48. The predicted octanol–water partition coefficient (Wildman–Crippen LogP) is 2.19. The van der Waals surface area contributed by atoms with Crippen LogP contribution in [0.4, 0.5) is 0 Å². The minimum atomic E-state index is -3.48. The summed E-state index contributed by atoms with van der Waals surface area (Å²) in [6.07, 6.45) is 1.02. The van der Waals surface area contributed by atoms with Crippen LogP contribution in [-0.4, -0.2) is 47.9 Å². The van der Waals surface area contributed by atoms with Crippen LogP contribution in [0.5, 0.6) is 5.75 Å². The third-order valence-corrected chi connectivity index (χ3v) is 6.88. The first-order valence-electron chi connectivity index (χ1n) is 7.83. The van der Waals surface area contributed by atoms with Gasteiger partial charge in [0.25, 0.3) is 0 Å². The summed E-state index contributed by atoms with van der Waals surface area (Å²) in [6.45, 7) is 6.93. The SMILES string of the molecule is COc1ccc(C[C@@H]2CC(C)(O)CN2S(=O)(=O)C(C)(C)C)cc1. The Bertz CT molecular complexity index is 644. The zero-order chi connectivity index (χ0) is 17.5. The molecule has 1 unspecified atom stereocenters. The second-order valence-corrected chi connectivity index (χ2v) is 10.2. The summed E-state index contributed by atoms with van der Waals surface area (Å²) >= 11 is 0. The lowest BCUT2D eigenvalue weighted by molar-refractivity contribution is 0.0750. The molecular weight excluding hydrogens is 314 g/mol. The number of rotatable bonds is 4. The van der Waals surface area contributed by atoms with Gasteiger partial charge in [0.05, 0.1) is 17.5 Å². The van der Waals surface area contributed by atoms with E-state index in [-0.39, 0.29) is 12.6 Å². The largest absolute Gasteiger partial charge is 0.497 e. The zero-order valence-electron chi connectivity index (χ0n) is 14.5. The average molecular weight is 341 g/mol. The van der Waals surface area contributed by atoms with Gasteiger partial charge in [0, 0.05) is 12.6 Å². The van der Waals surface area contributed by atoms with Gasteiger partial charge in [-0.1, -0.05) is 12.1 Å². The Labute approximate surface area is 139 Å². The molecule has 130 valence electrons. The Morgan fingerprint density at radius 3 is 2.35 bits per heavy atom. The molecule has 0 amide bonds. The van der Waals surface area contributed by atoms with E-state index in [9.17, 15) is 13.5 Å². The molecule has 0 aromatic heterocycles. The average Bonchev–Trinajstić information content (AvgIpc) is 2.74. The summed E-state index contributed by atoms with van der Waals surface area (Å²) in [5.41, 5.74) is 0.0396. The van der Waals surface area contributed by atoms with Crippen molar-refractivity contribution in [2.75, 3.05) is 13.7 Å². The standard InChI is InChI=1S/C17H27NO4S/c1-16(2,3)23(20,21)18-12-17(4,19)11-14(18)10-13-6-8-15(22-5)9-7-13/h6-9,14,19H,10-12H2,1-5H3/t14-,17?/m1/s1. The molecule has 5 nitrogen and oxygen atoms in total. The number of β-amino-alcohol motifs (C(OH)–C–C–N with tert-alkyl or cyclic N) is 1. The first-order valence-corrected chi connectivity index (χ1v) is 9.27. The lowest BCUT2D eigenvalue weighted by Gasteiger charge is -2.31. The molecule has 1 aliphatic rings. The van der Waals surface area contributed by atoms with Gasteiger partial charge in [-0.05, 0) is 58.2 Å². The van der Waals surface area contributed by atoms with Gasteiger partial charge in [-0.25, -0.2) is 8.42 Å². The van der Waals surface area contributed by atoms with Gasteiger partial charge in [-0.2, -0.15) is 4.31 Å². The minimum absolute atomic E-state index is 0.146. The van der Waals surface area contributed by atoms with E-state index in [1.165, 1.54) is 4.31 Å². The van der Waals surface area contributed by atoms with Crippen molar-refractivity contribution in [2.45, 2.75) is 56.9 Å². The van der Waals surface area contributed by atoms with Gasteiger partial charge >= 0.3 is 0 Å². The normalized spacial score (nSPS) is 26.4. The van der Waals surface area contributed by atoms with E-state index in [1.54, 1.807) is 34.8 Å². The fraction of sp³-hybridized carbons (Fsp3) is 0.647. The number of nitrogens with zero attached hydrogens (tertiary/aromatic N) is 1. The molecule has 2 atom stereocenters. The molecular formula is C17H27NO4S. The van der Waals surface area contributed by atoms with Crippen LogP contribution < -0.4 is 4.74 Å². The molecule has 1 aromatic carbocycles. The van der Waals surface area contributed by atoms with Crippen molar-refractivity contribution in [1.82, 2.24) is 4.31 Å². The van der Waals surface area contributed by atoms with Gasteiger partial charge in [0.2, 0.25) is 10.0 Å². The Morgan fingerprint density at radius 2 is 1.87 bits per heavy atom. The van der Waals surface area contributed by atoms with Gasteiger partial charge in [-0.3, -0.25) is 0 Å². The second-order valence-electron chi connectivity index (χ2n) is 7.57. The molecule has 23 heavy (non-hydrogen) atoms. The molecule has 1 aromatic rings. The fourth-order valence-electron chi connectivity index (χ4n) is 2.98. The minimum Gasteiger partial charge on any atom is -0.497 e. The molecule has 1 aliphatic heterocycles. The van der Waals surface area contributed by atoms with Crippen molar-refractivity contribution in [1.29, 1.82) is 0 Å². The molecule has 2 rings (SSSR count). The first-order chi connectivity index (χ1) is 10.5. The van der Waals surface area contributed by atoms with Crippen molar-refractivity contribution < 1.29 is 18.3 Å². The maximum Gasteiger partial charge on any atom is 0.219 e. The second kappa shape index (κ2) is 6.07. The van der Waals surface area contributed by atoms with Crippen LogP contribution in [-0.2, 0) is 16.4 Å². The van der Waals surface area contributed by atoms with E-state index >= 15 is 0 Å². The zero-order valence-corrected chi connectivity index (χ0v) is 15.4. The van der Waals surface area contributed by atoms with Crippen molar-refractivity contribution in [3.8, 4) is 5.75 Å². The molecule has 0 spiro atoms. The summed E-state index contributed by atoms with van der Waals surface area (Å²) in [6, 6.07) is 7.38. The maximum atomic E-state index is 12.8. The smallest absolute Gasteiger partial charge is 0.219 e. The number of aliphatic hydroxyl groups is 1. The van der Waals surface area contributed by atoms with Crippen molar-refractivity contribution in [3.63, 3.8) is 0 Å². The summed E-state index contributed by atoms with van der Waals surface area (Å²) < 4.78 is 31.4. The number of benzene rings is 1. The summed E-state index contributed by atoms with van der Waals surface area (Å²) in [5.74, 6) is 0.770. The third-order valence-electron chi connectivity index (χ3n) is 4.29. The van der Waals surface area contributed by atoms with Gasteiger partial charge in [0.1, 0.15) is 5.75 Å². The summed E-state index contributed by atoms with van der Waals surface area (Å²) in [4.78, 5) is 0. The number of hydrogen-bond donors (Lipinski definition) is 1. The van der Waals surface area contributed by atoms with Crippen molar-refractivity contribution in [3.05, 3.63) is 29.8 Å². The first kappa shape index (κ1) is 18.2. The number of methoxy groups -OCH3 is 1. The van der Waals surface area contributed by atoms with E-state index in [4.69, 9.17) is 4.74 Å². The maximum absolute atomic E-state index is 12.8. The molecule has 1 saturated heterocycles. The topological polar surface area (TPSA) is 66.8 Å². The monoisotopic (exact) mass is 341 g/mol. The highest BCUT2D eigenvalue weighted by molar-refractivity contribution is 7.90. The number of sulfonamides is 1. The van der Waals surface area contributed by atoms with Crippen LogP contribution in [0.15, 0.2) is 24.3 Å². The van der Waals surface area contributed by atoms with Crippen molar-refractivity contribution in [2.24, 2.45) is 0 Å². The van der Waals surface area contributed by atoms with Crippen LogP contribution in [0.2, 0.25) is 0 Å². The quantitative estimate of drug-likeness (QED) is 0.912. The lowest BCUT2D eigenvalue weighted by atomic mass is 9.98. The van der Waals surface area contributed by atoms with Gasteiger partial charge in [-0.15, -0.1) is 0 Å². The highest BCUT2D eigenvalue weighted by atomic mass is 32.2. The molecule has 0 aliphatic carbocycles. The van der Waals surface area contributed by atoms with Crippen LogP contribution >= 0.6 is 0 Å². The van der Waals surface area contributed by atoms with E-state index in [0.717, 1.165) is 11.3 Å². The third kappa shape index (κ3) is 3.87. The molecule has 1 heterocycles. The van der Waals surface area contributed by atoms with Crippen LogP contribution in [0.25, 0.3) is 0 Å². The van der Waals surface area contributed by atoms with Crippen LogP contribution in [0.1, 0.15) is 39.7 Å². The Morgan fingerprint density at radius 1 is 1.30 bits per heavy atom. The van der Waals surface area contributed by atoms with E-state index in [0.29, 0.717) is 12.8 Å². The molecule has 1 N–H and O–H groups in total. The lowest BCUT2D eigenvalue weighted by Crippen LogP contribution is -2.46. The van der Waals surface area contributed by atoms with Gasteiger partial charge in [0.15, 0.2) is 0 Å². The highest BCUT2D eigenvalue weighted by Crippen LogP contribution is 2.35.